The maximum absolute atomic E-state index is 13.9. The molecule has 2 atom stereocenters. The van der Waals surface area contributed by atoms with Gasteiger partial charge in [-0.1, -0.05) is 175 Å². The summed E-state index contributed by atoms with van der Waals surface area (Å²) in [6, 6.07) is 12.3. The van der Waals surface area contributed by atoms with Crippen LogP contribution >= 0.6 is 0 Å². The molecule has 0 aromatic rings. The van der Waals surface area contributed by atoms with Gasteiger partial charge in [0.1, 0.15) is 5.78 Å². The van der Waals surface area contributed by atoms with E-state index >= 15 is 0 Å². The van der Waals surface area contributed by atoms with Crippen molar-refractivity contribution in [2.75, 3.05) is 0 Å². The molecule has 0 heterocycles. The Morgan fingerprint density at radius 2 is 1.05 bits per heavy atom. The zero-order valence-electron chi connectivity index (χ0n) is 31.1. The third kappa shape index (κ3) is 9.30. The molecular formula is C36H78O3Si4. The summed E-state index contributed by atoms with van der Waals surface area (Å²) in [6.45, 7) is 23.0. The summed E-state index contributed by atoms with van der Waals surface area (Å²) in [4.78, 5) is 13.9. The molecule has 0 amide bonds. The summed E-state index contributed by atoms with van der Waals surface area (Å²) in [6.07, 6.45) is 13.8. The Bertz CT molecular complexity index is 668. The molecule has 0 aromatic heterocycles. The van der Waals surface area contributed by atoms with Crippen LogP contribution in [0.1, 0.15) is 153 Å². The Morgan fingerprint density at radius 3 is 1.44 bits per heavy atom. The van der Waals surface area contributed by atoms with Gasteiger partial charge in [-0.15, -0.1) is 0 Å². The number of unbranched alkanes of at least 4 members (excludes halogenated alkanes) is 4. The Hall–Kier alpha value is 0.458. The summed E-state index contributed by atoms with van der Waals surface area (Å²) in [7, 11) is -5.24. The fourth-order valence-electron chi connectivity index (χ4n) is 10.2. The first-order chi connectivity index (χ1) is 20.6. The lowest BCUT2D eigenvalue weighted by atomic mass is 9.83. The normalized spacial score (nSPS) is 17.3. The van der Waals surface area contributed by atoms with Crippen LogP contribution in [0.3, 0.4) is 0 Å². The molecule has 256 valence electrons. The highest BCUT2D eigenvalue weighted by molar-refractivity contribution is 7.88. The minimum atomic E-state index is -2.21. The van der Waals surface area contributed by atoms with Crippen LogP contribution in [0.15, 0.2) is 0 Å². The van der Waals surface area contributed by atoms with Crippen molar-refractivity contribution >= 4 is 35.4 Å². The lowest BCUT2D eigenvalue weighted by Gasteiger charge is -2.65. The second kappa shape index (κ2) is 20.6. The Balaban J connectivity index is 3.76. The van der Waals surface area contributed by atoms with Crippen molar-refractivity contribution in [3.63, 3.8) is 0 Å². The van der Waals surface area contributed by atoms with Gasteiger partial charge in [0.15, 0.2) is 6.87 Å². The van der Waals surface area contributed by atoms with Crippen molar-refractivity contribution in [2.24, 2.45) is 5.92 Å². The van der Waals surface area contributed by atoms with Gasteiger partial charge in [0.25, 0.3) is 0 Å². The highest BCUT2D eigenvalue weighted by Gasteiger charge is 2.72. The Kier molecular flexibility index (Phi) is 19.9. The van der Waals surface area contributed by atoms with E-state index in [9.17, 15) is 9.90 Å². The molecule has 1 aliphatic rings. The number of rotatable bonds is 25. The maximum atomic E-state index is 13.9. The summed E-state index contributed by atoms with van der Waals surface area (Å²) in [5, 5.41) is 11.2. The Morgan fingerprint density at radius 1 is 0.628 bits per heavy atom. The fourth-order valence-corrected chi connectivity index (χ4v) is 110. The van der Waals surface area contributed by atoms with Crippen LogP contribution in [0.2, 0.25) is 54.4 Å². The van der Waals surface area contributed by atoms with Gasteiger partial charge in [0.05, 0.1) is 35.0 Å². The average molecular weight is 671 g/mol. The van der Waals surface area contributed by atoms with E-state index in [2.05, 4.69) is 69.2 Å². The number of hydrogen-bond donors (Lipinski definition) is 1. The molecule has 1 rings (SSSR count). The highest BCUT2D eigenvalue weighted by atomic mass is 29.9. The molecule has 0 aromatic carbocycles. The number of ketones is 1. The minimum absolute atomic E-state index is 0.0731. The minimum Gasteiger partial charge on any atom is -0.422 e. The molecule has 0 spiro atoms. The van der Waals surface area contributed by atoms with Crippen molar-refractivity contribution in [3.8, 4) is 0 Å². The highest BCUT2D eigenvalue weighted by Crippen LogP contribution is 2.52. The van der Waals surface area contributed by atoms with Gasteiger partial charge in [-0.3, -0.25) is 4.79 Å². The lowest BCUT2D eigenvalue weighted by molar-refractivity contribution is -0.123. The van der Waals surface area contributed by atoms with Gasteiger partial charge in [-0.25, -0.2) is 0 Å². The molecule has 1 aliphatic carbocycles. The van der Waals surface area contributed by atoms with Crippen LogP contribution < -0.4 is 0 Å². The second-order valence-electron chi connectivity index (χ2n) is 14.6. The Labute approximate surface area is 274 Å². The molecule has 0 unspecified atom stereocenters. The van der Waals surface area contributed by atoms with Crippen LogP contribution in [0, 0.1) is 5.92 Å². The average Bonchev–Trinajstić information content (AvgIpc) is 3.04. The quantitative estimate of drug-likeness (QED) is 0.0776. The summed E-state index contributed by atoms with van der Waals surface area (Å²) >= 11 is 0. The molecule has 43 heavy (non-hydrogen) atoms. The first-order valence-electron chi connectivity index (χ1n) is 19.5. The third-order valence-electron chi connectivity index (χ3n) is 13.4. The summed E-state index contributed by atoms with van der Waals surface area (Å²) < 4.78 is 8.38. The molecule has 7 heteroatoms. The van der Waals surface area contributed by atoms with Crippen LogP contribution in [0.25, 0.3) is 0 Å². The van der Waals surface area contributed by atoms with Gasteiger partial charge < -0.3 is 9.53 Å². The van der Waals surface area contributed by atoms with E-state index in [-0.39, 0.29) is 11.9 Å². The zero-order valence-corrected chi connectivity index (χ0v) is 35.1. The standard InChI is InChI=1S/C36H78O3Si4/c1-11-21-22-23-27-30-35(31-34(37)32-36(38)33-28-25-24-26-29-33)39-43(40(12-2,13-3)14-4,41(15-5,16-6)17-7)42(18-8,19-9)20-10/h33,35-36,38H,11-32H2,1-10H3/t35-,36-/m1/s1. The second-order valence-corrected chi connectivity index (χ2v) is 50.6. The predicted molar refractivity (Wildman–Crippen MR) is 202 cm³/mol. The van der Waals surface area contributed by atoms with E-state index < -0.39 is 35.7 Å². The van der Waals surface area contributed by atoms with Crippen molar-refractivity contribution in [1.29, 1.82) is 0 Å². The van der Waals surface area contributed by atoms with Gasteiger partial charge in [0.2, 0.25) is 0 Å². The number of aliphatic hydroxyl groups excluding tert-OH is 1. The first-order valence-corrected chi connectivity index (χ1v) is 32.3. The monoisotopic (exact) mass is 671 g/mol. The van der Waals surface area contributed by atoms with E-state index in [0.29, 0.717) is 18.8 Å². The van der Waals surface area contributed by atoms with Crippen molar-refractivity contribution in [2.45, 2.75) is 219 Å². The van der Waals surface area contributed by atoms with Crippen LogP contribution in [0.4, 0.5) is 0 Å². The van der Waals surface area contributed by atoms with Crippen molar-refractivity contribution in [3.05, 3.63) is 0 Å². The smallest absolute Gasteiger partial charge is 0.160 e. The number of carbonyl (C=O) groups excluding carboxylic acids is 1. The van der Waals surface area contributed by atoms with Crippen LogP contribution in [-0.2, 0) is 9.22 Å². The van der Waals surface area contributed by atoms with Gasteiger partial charge in [-0.05, 0) is 25.2 Å². The predicted octanol–water partition coefficient (Wildman–Crippen LogP) is 11.7. The lowest BCUT2D eigenvalue weighted by Crippen LogP contribution is -2.90. The number of Topliss-reactive ketones (excluding diaryl/α,β-unsaturated/α-hetero) is 1. The largest absolute Gasteiger partial charge is 0.422 e. The fraction of sp³-hybridized carbons (Fsp3) is 0.972. The molecule has 1 N–H and O–H groups in total. The number of hydrogen-bond acceptors (Lipinski definition) is 3. The summed E-state index contributed by atoms with van der Waals surface area (Å²) in [5.41, 5.74) is 0. The van der Waals surface area contributed by atoms with Crippen molar-refractivity contribution < 1.29 is 14.3 Å². The van der Waals surface area contributed by atoms with E-state index in [4.69, 9.17) is 4.43 Å². The van der Waals surface area contributed by atoms with Crippen molar-refractivity contribution in [1.82, 2.24) is 0 Å². The number of carbonyl (C=O) groups is 1. The van der Waals surface area contributed by atoms with Crippen LogP contribution in [0.5, 0.6) is 0 Å². The molecule has 0 aliphatic heterocycles. The first kappa shape index (κ1) is 41.5. The maximum Gasteiger partial charge on any atom is 0.160 e. The van der Waals surface area contributed by atoms with Gasteiger partial charge in [0, 0.05) is 12.8 Å². The SMILES string of the molecule is CCCCCCC[C@H](CC(=O)C[C@@H](O)C1CCCCC1)O[Si]([Si](CC)(CC)CC)([Si](CC)(CC)CC)[Si](CC)(CC)CC. The van der Waals surface area contributed by atoms with Gasteiger partial charge in [-0.2, -0.15) is 0 Å². The molecule has 0 bridgehead atoms. The third-order valence-corrected chi connectivity index (χ3v) is 83.4. The van der Waals surface area contributed by atoms with Gasteiger partial charge >= 0.3 is 0 Å². The molecular weight excluding hydrogens is 593 g/mol. The van der Waals surface area contributed by atoms with E-state index in [0.717, 1.165) is 19.3 Å². The summed E-state index contributed by atoms with van der Waals surface area (Å²) in [5.74, 6) is 0.602. The zero-order chi connectivity index (χ0) is 32.6. The van der Waals surface area contributed by atoms with Crippen LogP contribution in [-0.4, -0.2) is 52.7 Å². The molecule has 1 saturated carbocycles. The molecule has 1 fully saturated rings. The molecule has 3 nitrogen and oxygen atoms in total. The molecule has 0 radical (unpaired) electrons. The van der Waals surface area contributed by atoms with E-state index in [1.165, 1.54) is 106 Å². The topological polar surface area (TPSA) is 46.5 Å². The van der Waals surface area contributed by atoms with E-state index in [1.807, 2.05) is 0 Å². The van der Waals surface area contributed by atoms with E-state index in [1.54, 1.807) is 0 Å². The molecule has 0 saturated heterocycles. The number of aliphatic hydroxyl groups is 1.